The lowest BCUT2D eigenvalue weighted by atomic mass is 9.99. The van der Waals surface area contributed by atoms with E-state index in [0.717, 1.165) is 5.56 Å². The summed E-state index contributed by atoms with van der Waals surface area (Å²) in [4.78, 5) is 25.0. The summed E-state index contributed by atoms with van der Waals surface area (Å²) in [5.74, 6) is -0.877. The van der Waals surface area contributed by atoms with Crippen molar-refractivity contribution in [2.75, 3.05) is 13.1 Å². The lowest BCUT2D eigenvalue weighted by molar-refractivity contribution is -0.142. The lowest BCUT2D eigenvalue weighted by Crippen LogP contribution is -2.39. The van der Waals surface area contributed by atoms with Gasteiger partial charge in [-0.1, -0.05) is 24.6 Å². The molecule has 2 rings (SSSR count). The molecule has 0 radical (unpaired) electrons. The van der Waals surface area contributed by atoms with Crippen molar-refractivity contribution in [3.63, 3.8) is 0 Å². The summed E-state index contributed by atoms with van der Waals surface area (Å²) < 4.78 is 5.64. The van der Waals surface area contributed by atoms with Gasteiger partial charge in [0.05, 0.1) is 5.92 Å². The van der Waals surface area contributed by atoms with E-state index < -0.39 is 18.0 Å². The molecule has 1 aromatic rings. The van der Waals surface area contributed by atoms with Crippen molar-refractivity contribution >= 4 is 11.9 Å². The Morgan fingerprint density at radius 3 is 2.43 bits per heavy atom. The number of hydrogen-bond donors (Lipinski definition) is 1. The second-order valence-corrected chi connectivity index (χ2v) is 5.74. The Morgan fingerprint density at radius 2 is 1.90 bits per heavy atom. The van der Waals surface area contributed by atoms with Gasteiger partial charge in [0, 0.05) is 13.1 Å². The van der Waals surface area contributed by atoms with Crippen LogP contribution in [0.4, 0.5) is 0 Å². The molecule has 114 valence electrons. The molecule has 0 aliphatic carbocycles. The van der Waals surface area contributed by atoms with E-state index in [1.807, 2.05) is 38.1 Å². The Bertz CT molecular complexity index is 526. The summed E-state index contributed by atoms with van der Waals surface area (Å²) >= 11 is 0. The van der Waals surface area contributed by atoms with E-state index in [4.69, 9.17) is 9.84 Å². The van der Waals surface area contributed by atoms with E-state index in [2.05, 4.69) is 0 Å². The van der Waals surface area contributed by atoms with E-state index in [1.54, 1.807) is 11.8 Å². The minimum absolute atomic E-state index is 0.0296. The molecular formula is C16H21NO4. The fraction of sp³-hybridized carbons (Fsp3) is 0.500. The van der Waals surface area contributed by atoms with Gasteiger partial charge in [0.1, 0.15) is 5.75 Å². The topological polar surface area (TPSA) is 66.8 Å². The maximum absolute atomic E-state index is 12.3. The Morgan fingerprint density at radius 1 is 1.29 bits per heavy atom. The van der Waals surface area contributed by atoms with E-state index in [1.165, 1.54) is 0 Å². The van der Waals surface area contributed by atoms with Gasteiger partial charge >= 0.3 is 5.97 Å². The molecule has 1 saturated heterocycles. The number of rotatable bonds is 4. The molecule has 0 spiro atoms. The molecule has 0 aromatic heterocycles. The third kappa shape index (κ3) is 3.54. The van der Waals surface area contributed by atoms with Crippen LogP contribution in [0.15, 0.2) is 24.3 Å². The molecule has 0 saturated carbocycles. The van der Waals surface area contributed by atoms with Gasteiger partial charge in [-0.2, -0.15) is 0 Å². The highest BCUT2D eigenvalue weighted by atomic mass is 16.5. The fourth-order valence-corrected chi connectivity index (χ4v) is 2.60. The minimum Gasteiger partial charge on any atom is -0.481 e. The molecule has 1 aliphatic rings. The van der Waals surface area contributed by atoms with Crippen molar-refractivity contribution < 1.29 is 19.4 Å². The Kier molecular flexibility index (Phi) is 4.50. The SMILES string of the molecule is Cc1ccc(OC(C)C(=O)N2CC(C)C(C(=O)O)C2)cc1. The summed E-state index contributed by atoms with van der Waals surface area (Å²) in [6, 6.07) is 7.49. The summed E-state index contributed by atoms with van der Waals surface area (Å²) in [6.07, 6.45) is -0.618. The highest BCUT2D eigenvalue weighted by molar-refractivity contribution is 5.82. The second kappa shape index (κ2) is 6.16. The number of hydrogen-bond acceptors (Lipinski definition) is 3. The average Bonchev–Trinajstić information content (AvgIpc) is 2.82. The van der Waals surface area contributed by atoms with Crippen LogP contribution in [0.25, 0.3) is 0 Å². The zero-order valence-electron chi connectivity index (χ0n) is 12.6. The molecule has 3 atom stereocenters. The van der Waals surface area contributed by atoms with Crippen LogP contribution < -0.4 is 4.74 Å². The molecule has 3 unspecified atom stereocenters. The van der Waals surface area contributed by atoms with Crippen LogP contribution in [0.2, 0.25) is 0 Å². The maximum Gasteiger partial charge on any atom is 0.308 e. The van der Waals surface area contributed by atoms with Crippen LogP contribution >= 0.6 is 0 Å². The number of carboxylic acid groups (broad SMARTS) is 1. The molecule has 1 fully saturated rings. The molecule has 0 bridgehead atoms. The van der Waals surface area contributed by atoms with Gasteiger partial charge in [0.2, 0.25) is 0 Å². The third-order valence-corrected chi connectivity index (χ3v) is 3.92. The zero-order valence-corrected chi connectivity index (χ0v) is 12.6. The number of carboxylic acids is 1. The zero-order chi connectivity index (χ0) is 15.6. The molecule has 1 heterocycles. The quantitative estimate of drug-likeness (QED) is 0.920. The van der Waals surface area contributed by atoms with E-state index in [0.29, 0.717) is 12.3 Å². The minimum atomic E-state index is -0.843. The van der Waals surface area contributed by atoms with Crippen LogP contribution in [0, 0.1) is 18.8 Å². The first kappa shape index (κ1) is 15.4. The number of carbonyl (C=O) groups excluding carboxylic acids is 1. The molecule has 1 N–H and O–H groups in total. The van der Waals surface area contributed by atoms with E-state index in [-0.39, 0.29) is 18.4 Å². The predicted molar refractivity (Wildman–Crippen MR) is 78.1 cm³/mol. The van der Waals surface area contributed by atoms with Crippen LogP contribution in [-0.4, -0.2) is 41.1 Å². The van der Waals surface area contributed by atoms with Gasteiger partial charge in [0.25, 0.3) is 5.91 Å². The Hall–Kier alpha value is -2.04. The van der Waals surface area contributed by atoms with Gasteiger partial charge in [-0.15, -0.1) is 0 Å². The highest BCUT2D eigenvalue weighted by Gasteiger charge is 2.38. The molecule has 21 heavy (non-hydrogen) atoms. The normalized spacial score (nSPS) is 22.9. The van der Waals surface area contributed by atoms with Crippen LogP contribution in [0.3, 0.4) is 0 Å². The van der Waals surface area contributed by atoms with Gasteiger partial charge in [0.15, 0.2) is 6.10 Å². The second-order valence-electron chi connectivity index (χ2n) is 5.74. The van der Waals surface area contributed by atoms with Crippen LogP contribution in [-0.2, 0) is 9.59 Å². The predicted octanol–water partition coefficient (Wildman–Crippen LogP) is 1.94. The number of benzene rings is 1. The number of ether oxygens (including phenoxy) is 1. The largest absolute Gasteiger partial charge is 0.481 e. The first-order valence-corrected chi connectivity index (χ1v) is 7.13. The number of carbonyl (C=O) groups is 2. The third-order valence-electron chi connectivity index (χ3n) is 3.92. The molecular weight excluding hydrogens is 270 g/mol. The van der Waals surface area contributed by atoms with Crippen molar-refractivity contribution in [2.45, 2.75) is 26.9 Å². The molecule has 1 aromatic carbocycles. The van der Waals surface area contributed by atoms with Crippen molar-refractivity contribution in [2.24, 2.45) is 11.8 Å². The van der Waals surface area contributed by atoms with Gasteiger partial charge in [-0.25, -0.2) is 0 Å². The van der Waals surface area contributed by atoms with E-state index >= 15 is 0 Å². The Balaban J connectivity index is 1.97. The van der Waals surface area contributed by atoms with Crippen LogP contribution in [0.5, 0.6) is 5.75 Å². The number of likely N-dealkylation sites (tertiary alicyclic amines) is 1. The van der Waals surface area contributed by atoms with Crippen LogP contribution in [0.1, 0.15) is 19.4 Å². The number of nitrogens with zero attached hydrogens (tertiary/aromatic N) is 1. The van der Waals surface area contributed by atoms with Gasteiger partial charge in [-0.3, -0.25) is 9.59 Å². The van der Waals surface area contributed by atoms with Gasteiger partial charge < -0.3 is 14.7 Å². The summed E-state index contributed by atoms with van der Waals surface area (Å²) in [7, 11) is 0. The highest BCUT2D eigenvalue weighted by Crippen LogP contribution is 2.24. The number of aryl methyl sites for hydroxylation is 1. The summed E-state index contributed by atoms with van der Waals surface area (Å²) in [5.41, 5.74) is 1.12. The van der Waals surface area contributed by atoms with Crippen molar-refractivity contribution in [3.8, 4) is 5.75 Å². The summed E-state index contributed by atoms with van der Waals surface area (Å²) in [5, 5.41) is 9.11. The lowest BCUT2D eigenvalue weighted by Gasteiger charge is -2.21. The van der Waals surface area contributed by atoms with Crippen molar-refractivity contribution in [1.29, 1.82) is 0 Å². The monoisotopic (exact) mass is 291 g/mol. The Labute approximate surface area is 124 Å². The first-order chi connectivity index (χ1) is 9.88. The number of amides is 1. The number of aliphatic carboxylic acids is 1. The molecule has 5 heteroatoms. The van der Waals surface area contributed by atoms with Crippen molar-refractivity contribution in [1.82, 2.24) is 4.90 Å². The fourth-order valence-electron chi connectivity index (χ4n) is 2.60. The smallest absolute Gasteiger partial charge is 0.308 e. The maximum atomic E-state index is 12.3. The summed E-state index contributed by atoms with van der Waals surface area (Å²) in [6.45, 7) is 6.27. The molecule has 1 aliphatic heterocycles. The standard InChI is InChI=1S/C16H21NO4/c1-10-4-6-13(7-5-10)21-12(3)15(18)17-8-11(2)14(9-17)16(19)20/h4-7,11-12,14H,8-9H2,1-3H3,(H,19,20). The van der Waals surface area contributed by atoms with E-state index in [9.17, 15) is 9.59 Å². The van der Waals surface area contributed by atoms with Crippen molar-refractivity contribution in [3.05, 3.63) is 29.8 Å². The van der Waals surface area contributed by atoms with Gasteiger partial charge in [-0.05, 0) is 31.9 Å². The first-order valence-electron chi connectivity index (χ1n) is 7.13. The molecule has 1 amide bonds. The average molecular weight is 291 g/mol. The molecule has 5 nitrogen and oxygen atoms in total.